The average molecular weight is 399 g/mol. The van der Waals surface area contributed by atoms with Gasteiger partial charge in [0.1, 0.15) is 17.9 Å². The van der Waals surface area contributed by atoms with Crippen LogP contribution in [0.2, 0.25) is 5.02 Å². The summed E-state index contributed by atoms with van der Waals surface area (Å²) in [7, 11) is 0. The summed E-state index contributed by atoms with van der Waals surface area (Å²) in [5, 5.41) is 11.1. The number of halogens is 1. The largest absolute Gasteiger partial charge is 0.508 e. The fourth-order valence-corrected chi connectivity index (χ4v) is 3.85. The predicted octanol–water partition coefficient (Wildman–Crippen LogP) is 4.63. The first-order valence-corrected chi connectivity index (χ1v) is 9.47. The summed E-state index contributed by atoms with van der Waals surface area (Å²) in [5.74, 6) is -0.265. The highest BCUT2D eigenvalue weighted by Gasteiger charge is 2.47. The lowest BCUT2D eigenvalue weighted by Crippen LogP contribution is -2.43. The van der Waals surface area contributed by atoms with Crippen LogP contribution in [0.4, 0.5) is 0 Å². The molecule has 0 unspecified atom stereocenters. The second kappa shape index (κ2) is 6.99. The molecule has 1 aromatic heterocycles. The van der Waals surface area contributed by atoms with Crippen LogP contribution < -0.4 is 5.63 Å². The van der Waals surface area contributed by atoms with Gasteiger partial charge in [0.25, 0.3) is 0 Å². The van der Waals surface area contributed by atoms with Crippen molar-refractivity contribution in [2.75, 3.05) is 0 Å². The Balaban J connectivity index is 1.62. The van der Waals surface area contributed by atoms with E-state index in [-0.39, 0.29) is 18.3 Å². The zero-order valence-corrected chi connectivity index (χ0v) is 16.1. The lowest BCUT2D eigenvalue weighted by Gasteiger charge is -2.39. The number of hydrogen-bond donors (Lipinski definition) is 1. The van der Waals surface area contributed by atoms with E-state index < -0.39 is 11.0 Å². The number of hydrogen-bond acceptors (Lipinski definition) is 5. The van der Waals surface area contributed by atoms with Crippen molar-refractivity contribution in [1.82, 2.24) is 0 Å². The van der Waals surface area contributed by atoms with Crippen molar-refractivity contribution >= 4 is 28.5 Å². The minimum Gasteiger partial charge on any atom is -0.508 e. The van der Waals surface area contributed by atoms with E-state index in [0.717, 1.165) is 24.8 Å². The van der Waals surface area contributed by atoms with Crippen LogP contribution >= 0.6 is 11.6 Å². The van der Waals surface area contributed by atoms with E-state index in [4.69, 9.17) is 20.8 Å². The molecule has 0 bridgehead atoms. The molecule has 5 nitrogen and oxygen atoms in total. The highest BCUT2D eigenvalue weighted by Crippen LogP contribution is 2.45. The fourth-order valence-electron chi connectivity index (χ4n) is 3.73. The number of carbonyl (C=O) groups excluding carboxylic acids is 1. The van der Waals surface area contributed by atoms with Crippen molar-refractivity contribution in [2.45, 2.75) is 38.2 Å². The van der Waals surface area contributed by atoms with Gasteiger partial charge in [-0.15, -0.1) is 0 Å². The van der Waals surface area contributed by atoms with Gasteiger partial charge < -0.3 is 14.3 Å². The first-order chi connectivity index (χ1) is 13.4. The van der Waals surface area contributed by atoms with Gasteiger partial charge in [-0.1, -0.05) is 30.2 Å². The Bertz CT molecular complexity index is 1110. The molecule has 4 rings (SSSR count). The molecular formula is C22H19ClO5. The van der Waals surface area contributed by atoms with Gasteiger partial charge in [-0.3, -0.25) is 4.79 Å². The minimum atomic E-state index is -0.659. The molecule has 1 aliphatic carbocycles. The number of aromatic hydroxyl groups is 1. The number of benzene rings is 2. The van der Waals surface area contributed by atoms with Crippen LogP contribution in [0.25, 0.3) is 11.0 Å². The number of phenols is 1. The van der Waals surface area contributed by atoms with E-state index in [1.807, 2.05) is 12.1 Å². The number of ether oxygens (including phenoxy) is 1. The third kappa shape index (κ3) is 3.06. The first-order valence-electron chi connectivity index (χ1n) is 9.09. The highest BCUT2D eigenvalue weighted by molar-refractivity contribution is 6.30. The van der Waals surface area contributed by atoms with Crippen molar-refractivity contribution in [3.8, 4) is 5.75 Å². The summed E-state index contributed by atoms with van der Waals surface area (Å²) in [6.07, 6.45) is 2.39. The zero-order chi connectivity index (χ0) is 19.9. The van der Waals surface area contributed by atoms with Gasteiger partial charge in [0, 0.05) is 27.6 Å². The maximum Gasteiger partial charge on any atom is 0.336 e. The van der Waals surface area contributed by atoms with Gasteiger partial charge in [-0.05, 0) is 49.6 Å². The summed E-state index contributed by atoms with van der Waals surface area (Å²) in [4.78, 5) is 24.9. The molecule has 0 amide bonds. The Morgan fingerprint density at radius 2 is 1.93 bits per heavy atom. The van der Waals surface area contributed by atoms with E-state index in [1.54, 1.807) is 25.1 Å². The van der Waals surface area contributed by atoms with E-state index in [1.165, 1.54) is 12.1 Å². The predicted molar refractivity (Wildman–Crippen MR) is 106 cm³/mol. The molecular weight excluding hydrogens is 380 g/mol. The molecule has 0 atom stereocenters. The lowest BCUT2D eigenvalue weighted by atomic mass is 9.64. The standard InChI is InChI=1S/C22H19ClO5/c1-13-18(24)8-7-17-14(11-19(25)28-20(13)17)12-27-21(26)22(9-2-10-22)15-3-5-16(23)6-4-15/h3-8,11,24H,2,9-10,12H2,1H3. The monoisotopic (exact) mass is 398 g/mol. The first kappa shape index (κ1) is 18.6. The molecule has 1 heterocycles. The summed E-state index contributed by atoms with van der Waals surface area (Å²) < 4.78 is 10.9. The van der Waals surface area contributed by atoms with Gasteiger partial charge in [0.15, 0.2) is 0 Å². The average Bonchev–Trinajstić information content (AvgIpc) is 2.64. The number of rotatable bonds is 4. The third-order valence-corrected chi connectivity index (χ3v) is 5.82. The molecule has 28 heavy (non-hydrogen) atoms. The SMILES string of the molecule is Cc1c(O)ccc2c(COC(=O)C3(c4ccc(Cl)cc4)CCC3)cc(=O)oc12. The summed E-state index contributed by atoms with van der Waals surface area (Å²) in [6.45, 7) is 1.63. The summed E-state index contributed by atoms with van der Waals surface area (Å²) >= 11 is 5.97. The van der Waals surface area contributed by atoms with Crippen molar-refractivity contribution in [3.63, 3.8) is 0 Å². The maximum atomic E-state index is 13.0. The van der Waals surface area contributed by atoms with Crippen molar-refractivity contribution < 1.29 is 19.1 Å². The second-order valence-electron chi connectivity index (χ2n) is 7.20. The maximum absolute atomic E-state index is 13.0. The van der Waals surface area contributed by atoms with Gasteiger partial charge in [-0.2, -0.15) is 0 Å². The van der Waals surface area contributed by atoms with Crippen LogP contribution in [-0.4, -0.2) is 11.1 Å². The molecule has 0 radical (unpaired) electrons. The minimum absolute atomic E-state index is 0.0412. The quantitative estimate of drug-likeness (QED) is 0.512. The van der Waals surface area contributed by atoms with Crippen LogP contribution in [-0.2, 0) is 21.6 Å². The van der Waals surface area contributed by atoms with E-state index >= 15 is 0 Å². The highest BCUT2D eigenvalue weighted by atomic mass is 35.5. The summed E-state index contributed by atoms with van der Waals surface area (Å²) in [5.41, 5.74) is 1.01. The number of carbonyl (C=O) groups is 1. The van der Waals surface area contributed by atoms with Crippen molar-refractivity contribution in [3.05, 3.63) is 74.6 Å². The Hall–Kier alpha value is -2.79. The Labute approximate surface area is 166 Å². The Morgan fingerprint density at radius 3 is 2.57 bits per heavy atom. The van der Waals surface area contributed by atoms with E-state index in [0.29, 0.717) is 27.1 Å². The van der Waals surface area contributed by atoms with Gasteiger partial charge in [-0.25, -0.2) is 4.79 Å². The third-order valence-electron chi connectivity index (χ3n) is 5.57. The van der Waals surface area contributed by atoms with Crippen LogP contribution in [0.15, 0.2) is 51.7 Å². The Morgan fingerprint density at radius 1 is 1.21 bits per heavy atom. The molecule has 1 saturated carbocycles. The molecule has 1 N–H and O–H groups in total. The van der Waals surface area contributed by atoms with Crippen molar-refractivity contribution in [2.24, 2.45) is 0 Å². The normalized spacial score (nSPS) is 15.2. The number of fused-ring (bicyclic) bond motifs is 1. The molecule has 1 fully saturated rings. The number of aryl methyl sites for hydroxylation is 1. The van der Waals surface area contributed by atoms with Crippen LogP contribution in [0, 0.1) is 6.92 Å². The molecule has 0 saturated heterocycles. The van der Waals surface area contributed by atoms with Crippen LogP contribution in [0.1, 0.15) is 36.0 Å². The van der Waals surface area contributed by atoms with Crippen LogP contribution in [0.3, 0.4) is 0 Å². The van der Waals surface area contributed by atoms with Gasteiger partial charge in [0.2, 0.25) is 0 Å². The smallest absolute Gasteiger partial charge is 0.336 e. The zero-order valence-electron chi connectivity index (χ0n) is 15.3. The molecule has 144 valence electrons. The molecule has 6 heteroatoms. The summed E-state index contributed by atoms with van der Waals surface area (Å²) in [6, 6.07) is 11.8. The van der Waals surface area contributed by atoms with Gasteiger partial charge in [0.05, 0.1) is 5.41 Å². The topological polar surface area (TPSA) is 76.7 Å². The lowest BCUT2D eigenvalue weighted by molar-refractivity contribution is -0.155. The van der Waals surface area contributed by atoms with Crippen molar-refractivity contribution in [1.29, 1.82) is 0 Å². The van der Waals surface area contributed by atoms with Crippen LogP contribution in [0.5, 0.6) is 5.75 Å². The Kier molecular flexibility index (Phi) is 4.63. The molecule has 3 aromatic rings. The fraction of sp³-hybridized carbons (Fsp3) is 0.273. The number of esters is 1. The van der Waals surface area contributed by atoms with Gasteiger partial charge >= 0.3 is 11.6 Å². The van der Waals surface area contributed by atoms with E-state index in [9.17, 15) is 14.7 Å². The molecule has 0 aliphatic heterocycles. The number of phenolic OH excluding ortho intramolecular Hbond substituents is 1. The molecule has 0 spiro atoms. The van der Waals surface area contributed by atoms with E-state index in [2.05, 4.69) is 0 Å². The molecule has 2 aromatic carbocycles. The molecule has 1 aliphatic rings. The second-order valence-corrected chi connectivity index (χ2v) is 7.63.